The molecule has 2 heteroatoms. The van der Waals surface area contributed by atoms with E-state index in [0.717, 1.165) is 24.5 Å². The third kappa shape index (κ3) is 1.60. The van der Waals surface area contributed by atoms with Crippen LogP contribution in [0.1, 0.15) is 30.2 Å². The van der Waals surface area contributed by atoms with Crippen LogP contribution in [0.25, 0.3) is 0 Å². The van der Waals surface area contributed by atoms with Crippen LogP contribution in [-0.2, 0) is 5.41 Å². The Morgan fingerprint density at radius 3 is 2.72 bits per heavy atom. The molecule has 1 unspecified atom stereocenters. The van der Waals surface area contributed by atoms with Gasteiger partial charge < -0.3 is 4.74 Å². The molecule has 1 atom stereocenters. The number of pyridine rings is 1. The number of hydrogen-bond donors (Lipinski definition) is 0. The van der Waals surface area contributed by atoms with Gasteiger partial charge in [0.1, 0.15) is 5.75 Å². The highest BCUT2D eigenvalue weighted by atomic mass is 16.5. The zero-order valence-electron chi connectivity index (χ0n) is 10.8. The number of rotatable bonds is 1. The summed E-state index contributed by atoms with van der Waals surface area (Å²) in [4.78, 5) is 4.33. The normalized spacial score (nSPS) is 22.1. The van der Waals surface area contributed by atoms with Gasteiger partial charge in [0.25, 0.3) is 0 Å². The first kappa shape index (κ1) is 11.3. The van der Waals surface area contributed by atoms with Crippen LogP contribution < -0.4 is 4.74 Å². The highest BCUT2D eigenvalue weighted by Gasteiger charge is 2.35. The van der Waals surface area contributed by atoms with Gasteiger partial charge in [0.2, 0.25) is 0 Å². The van der Waals surface area contributed by atoms with Gasteiger partial charge in [-0.2, -0.15) is 0 Å². The summed E-state index contributed by atoms with van der Waals surface area (Å²) in [6, 6.07) is 12.8. The molecule has 0 fully saturated rings. The van der Waals surface area contributed by atoms with Gasteiger partial charge in [-0.1, -0.05) is 37.3 Å². The maximum atomic E-state index is 5.81. The largest absolute Gasteiger partial charge is 0.491 e. The number of aromatic nitrogens is 1. The van der Waals surface area contributed by atoms with E-state index in [1.807, 2.05) is 13.1 Å². The minimum atomic E-state index is 0.0303. The van der Waals surface area contributed by atoms with Crippen LogP contribution in [0, 0.1) is 6.92 Å². The standard InChI is InChI=1S/C16H17NO/c1-12-15-14(8-10-17-12)16(2,9-11-18-15)13-6-4-3-5-7-13/h3-8,10H,9,11H2,1-2H3. The molecule has 0 saturated heterocycles. The lowest BCUT2D eigenvalue weighted by Crippen LogP contribution is -2.31. The van der Waals surface area contributed by atoms with E-state index in [1.54, 1.807) is 0 Å². The van der Waals surface area contributed by atoms with Crippen molar-refractivity contribution in [2.45, 2.75) is 25.7 Å². The summed E-state index contributed by atoms with van der Waals surface area (Å²) >= 11 is 0. The van der Waals surface area contributed by atoms with Crippen LogP contribution in [0.15, 0.2) is 42.6 Å². The Hall–Kier alpha value is -1.83. The van der Waals surface area contributed by atoms with E-state index in [1.165, 1.54) is 11.1 Å². The molecule has 1 aromatic carbocycles. The molecule has 0 spiro atoms. The molecule has 0 N–H and O–H groups in total. The zero-order chi connectivity index (χ0) is 12.6. The highest BCUT2D eigenvalue weighted by molar-refractivity contribution is 5.49. The maximum absolute atomic E-state index is 5.81. The Kier molecular flexibility index (Phi) is 2.58. The first-order chi connectivity index (χ1) is 8.72. The van der Waals surface area contributed by atoms with Crippen molar-refractivity contribution in [3.63, 3.8) is 0 Å². The van der Waals surface area contributed by atoms with Crippen LogP contribution in [0.2, 0.25) is 0 Å². The molecule has 0 aliphatic carbocycles. The molecular weight excluding hydrogens is 222 g/mol. The van der Waals surface area contributed by atoms with Crippen LogP contribution in [0.4, 0.5) is 0 Å². The topological polar surface area (TPSA) is 22.1 Å². The molecular formula is C16H17NO. The molecule has 3 rings (SSSR count). The second-order valence-corrected chi connectivity index (χ2v) is 5.07. The monoisotopic (exact) mass is 239 g/mol. The molecule has 0 radical (unpaired) electrons. The van der Waals surface area contributed by atoms with Crippen molar-refractivity contribution in [1.82, 2.24) is 4.98 Å². The number of fused-ring (bicyclic) bond motifs is 1. The van der Waals surface area contributed by atoms with Crippen molar-refractivity contribution >= 4 is 0 Å². The number of nitrogens with zero attached hydrogens (tertiary/aromatic N) is 1. The molecule has 0 saturated carbocycles. The van der Waals surface area contributed by atoms with Gasteiger partial charge in [-0.05, 0) is 25.0 Å². The number of hydrogen-bond acceptors (Lipinski definition) is 2. The van der Waals surface area contributed by atoms with Gasteiger partial charge >= 0.3 is 0 Å². The van der Waals surface area contributed by atoms with Gasteiger partial charge in [-0.3, -0.25) is 4.98 Å². The van der Waals surface area contributed by atoms with E-state index < -0.39 is 0 Å². The Labute approximate surface area is 108 Å². The molecule has 1 aliphatic heterocycles. The van der Waals surface area contributed by atoms with Gasteiger partial charge in [0.05, 0.1) is 12.3 Å². The van der Waals surface area contributed by atoms with Crippen molar-refractivity contribution in [3.05, 3.63) is 59.4 Å². The molecule has 92 valence electrons. The lowest BCUT2D eigenvalue weighted by atomic mass is 9.72. The van der Waals surface area contributed by atoms with E-state index in [0.29, 0.717) is 0 Å². The van der Waals surface area contributed by atoms with Crippen molar-refractivity contribution in [3.8, 4) is 5.75 Å². The van der Waals surface area contributed by atoms with Crippen LogP contribution in [-0.4, -0.2) is 11.6 Å². The van der Waals surface area contributed by atoms with Gasteiger partial charge in [-0.15, -0.1) is 0 Å². The van der Waals surface area contributed by atoms with Crippen LogP contribution in [0.3, 0.4) is 0 Å². The third-order valence-electron chi connectivity index (χ3n) is 3.94. The molecule has 1 aliphatic rings. The molecule has 0 amide bonds. The van der Waals surface area contributed by atoms with Crippen molar-refractivity contribution in [2.75, 3.05) is 6.61 Å². The maximum Gasteiger partial charge on any atom is 0.144 e. The van der Waals surface area contributed by atoms with Crippen molar-refractivity contribution in [2.24, 2.45) is 0 Å². The summed E-state index contributed by atoms with van der Waals surface area (Å²) in [5.74, 6) is 0.968. The minimum absolute atomic E-state index is 0.0303. The number of aryl methyl sites for hydroxylation is 1. The summed E-state index contributed by atoms with van der Waals surface area (Å²) in [6.07, 6.45) is 2.89. The molecule has 18 heavy (non-hydrogen) atoms. The quantitative estimate of drug-likeness (QED) is 0.760. The average Bonchev–Trinajstić information content (AvgIpc) is 2.41. The van der Waals surface area contributed by atoms with Crippen LogP contribution >= 0.6 is 0 Å². The van der Waals surface area contributed by atoms with Crippen molar-refractivity contribution in [1.29, 1.82) is 0 Å². The van der Waals surface area contributed by atoms with Gasteiger partial charge in [0, 0.05) is 17.2 Å². The van der Waals surface area contributed by atoms with E-state index in [4.69, 9.17) is 4.74 Å². The summed E-state index contributed by atoms with van der Waals surface area (Å²) < 4.78 is 5.81. The number of ether oxygens (including phenoxy) is 1. The predicted octanol–water partition coefficient (Wildman–Crippen LogP) is 3.48. The Bertz CT molecular complexity index is 565. The average molecular weight is 239 g/mol. The lowest BCUT2D eigenvalue weighted by molar-refractivity contribution is 0.240. The first-order valence-corrected chi connectivity index (χ1v) is 6.36. The molecule has 2 heterocycles. The molecule has 2 aromatic rings. The first-order valence-electron chi connectivity index (χ1n) is 6.36. The summed E-state index contributed by atoms with van der Waals surface area (Å²) in [5.41, 5.74) is 3.62. The smallest absolute Gasteiger partial charge is 0.144 e. The van der Waals surface area contributed by atoms with E-state index in [2.05, 4.69) is 48.3 Å². The van der Waals surface area contributed by atoms with Gasteiger partial charge in [-0.25, -0.2) is 0 Å². The van der Waals surface area contributed by atoms with E-state index in [9.17, 15) is 0 Å². The lowest BCUT2D eigenvalue weighted by Gasteiger charge is -2.36. The Morgan fingerprint density at radius 1 is 1.17 bits per heavy atom. The molecule has 2 nitrogen and oxygen atoms in total. The highest BCUT2D eigenvalue weighted by Crippen LogP contribution is 2.43. The van der Waals surface area contributed by atoms with E-state index >= 15 is 0 Å². The Balaban J connectivity index is 2.19. The molecule has 0 bridgehead atoms. The van der Waals surface area contributed by atoms with Crippen LogP contribution in [0.5, 0.6) is 5.75 Å². The SMILES string of the molecule is Cc1nccc2c1OCCC2(C)c1ccccc1. The summed E-state index contributed by atoms with van der Waals surface area (Å²) in [7, 11) is 0. The second kappa shape index (κ2) is 4.13. The zero-order valence-corrected chi connectivity index (χ0v) is 10.8. The Morgan fingerprint density at radius 2 is 1.94 bits per heavy atom. The number of benzene rings is 1. The third-order valence-corrected chi connectivity index (χ3v) is 3.94. The predicted molar refractivity (Wildman–Crippen MR) is 72.0 cm³/mol. The molecule has 1 aromatic heterocycles. The minimum Gasteiger partial charge on any atom is -0.491 e. The van der Waals surface area contributed by atoms with Crippen molar-refractivity contribution < 1.29 is 4.74 Å². The fourth-order valence-corrected chi connectivity index (χ4v) is 2.77. The summed E-state index contributed by atoms with van der Waals surface area (Å²) in [6.45, 7) is 5.06. The summed E-state index contributed by atoms with van der Waals surface area (Å²) in [5, 5.41) is 0. The fraction of sp³-hybridized carbons (Fsp3) is 0.312. The second-order valence-electron chi connectivity index (χ2n) is 5.07. The van der Waals surface area contributed by atoms with Gasteiger partial charge in [0.15, 0.2) is 0 Å². The van der Waals surface area contributed by atoms with E-state index in [-0.39, 0.29) is 5.41 Å². The fourth-order valence-electron chi connectivity index (χ4n) is 2.77.